The average molecular weight is 567 g/mol. The molecular weight excluding hydrogens is 532 g/mol. The van der Waals surface area contributed by atoms with Gasteiger partial charge in [0.05, 0.1) is 22.2 Å². The van der Waals surface area contributed by atoms with Crippen molar-refractivity contribution in [1.82, 2.24) is 9.13 Å². The molecule has 2 aromatic heterocycles. The lowest BCUT2D eigenvalue weighted by Crippen LogP contribution is -2.56. The van der Waals surface area contributed by atoms with Crippen LogP contribution >= 0.6 is 0 Å². The molecule has 3 aliphatic carbocycles. The summed E-state index contributed by atoms with van der Waals surface area (Å²) in [4.78, 5) is 0. The van der Waals surface area contributed by atoms with Crippen molar-refractivity contribution < 1.29 is 0 Å². The third kappa shape index (κ3) is 2.39. The zero-order valence-electron chi connectivity index (χ0n) is 24.8. The highest BCUT2D eigenvalue weighted by molar-refractivity contribution is 6.22. The number of hydrogen-bond acceptors (Lipinski definition) is 0. The lowest BCUT2D eigenvalue weighted by molar-refractivity contribution is 0.0398. The molecule has 4 heterocycles. The molecular formula is C42H34N2. The molecule has 0 radical (unpaired) electrons. The van der Waals surface area contributed by atoms with Crippen LogP contribution in [0.5, 0.6) is 0 Å². The van der Waals surface area contributed by atoms with Crippen LogP contribution in [0.4, 0.5) is 0 Å². The van der Waals surface area contributed by atoms with E-state index in [1.54, 1.807) is 16.6 Å². The summed E-state index contributed by atoms with van der Waals surface area (Å²) < 4.78 is 5.58. The van der Waals surface area contributed by atoms with Crippen LogP contribution in [-0.4, -0.2) is 9.13 Å². The van der Waals surface area contributed by atoms with Gasteiger partial charge in [-0.2, -0.15) is 0 Å². The maximum absolute atomic E-state index is 2.88. The van der Waals surface area contributed by atoms with Gasteiger partial charge in [-0.05, 0) is 90.3 Å². The first kappa shape index (κ1) is 23.1. The minimum Gasteiger partial charge on any atom is -0.337 e. The van der Waals surface area contributed by atoms with Gasteiger partial charge in [-0.15, -0.1) is 0 Å². The van der Waals surface area contributed by atoms with Gasteiger partial charge >= 0.3 is 0 Å². The number of para-hydroxylation sites is 2. The fourth-order valence-corrected chi connectivity index (χ4v) is 12.2. The van der Waals surface area contributed by atoms with Crippen LogP contribution in [0.25, 0.3) is 60.4 Å². The fraction of sp³-hybridized carbons (Fsp3) is 0.286. The molecule has 7 aromatic rings. The number of aromatic nitrogens is 2. The molecule has 0 saturated heterocycles. The highest BCUT2D eigenvalue weighted by Gasteiger charge is 2.66. The van der Waals surface area contributed by atoms with Gasteiger partial charge in [0.25, 0.3) is 0 Å². The van der Waals surface area contributed by atoms with Crippen molar-refractivity contribution >= 4 is 43.6 Å². The normalized spacial score (nSPS) is 29.1. The van der Waals surface area contributed by atoms with Gasteiger partial charge < -0.3 is 9.13 Å². The molecule has 0 N–H and O–H groups in total. The molecule has 2 heteroatoms. The van der Waals surface area contributed by atoms with Crippen LogP contribution in [0.1, 0.15) is 55.7 Å². The first-order valence-electron chi connectivity index (χ1n) is 17.0. The van der Waals surface area contributed by atoms with E-state index < -0.39 is 0 Å². The maximum atomic E-state index is 2.88. The predicted octanol–water partition coefficient (Wildman–Crippen LogP) is 10.6. The molecule has 2 aliphatic heterocycles. The molecule has 6 atom stereocenters. The van der Waals surface area contributed by atoms with Gasteiger partial charge in [0, 0.05) is 44.1 Å². The van der Waals surface area contributed by atoms with Gasteiger partial charge in [-0.3, -0.25) is 0 Å². The smallest absolute Gasteiger partial charge is 0.0603 e. The van der Waals surface area contributed by atoms with Crippen molar-refractivity contribution in [2.45, 2.75) is 50.0 Å². The molecule has 2 nitrogen and oxygen atoms in total. The van der Waals surface area contributed by atoms with E-state index in [2.05, 4.69) is 112 Å². The molecule has 0 bridgehead atoms. The molecule has 1 spiro atoms. The lowest BCUT2D eigenvalue weighted by Gasteiger charge is -2.59. The van der Waals surface area contributed by atoms with Crippen molar-refractivity contribution in [2.24, 2.45) is 23.7 Å². The van der Waals surface area contributed by atoms with E-state index in [9.17, 15) is 0 Å². The van der Waals surface area contributed by atoms with Crippen molar-refractivity contribution in [3.63, 3.8) is 0 Å². The fourth-order valence-electron chi connectivity index (χ4n) is 12.2. The van der Waals surface area contributed by atoms with Crippen LogP contribution in [-0.2, 0) is 5.41 Å². The van der Waals surface area contributed by atoms with E-state index >= 15 is 0 Å². The number of hydrogen-bond donors (Lipinski definition) is 0. The highest BCUT2D eigenvalue weighted by Crippen LogP contribution is 2.72. The summed E-state index contributed by atoms with van der Waals surface area (Å²) in [6.07, 6.45) is 8.33. The van der Waals surface area contributed by atoms with Crippen molar-refractivity contribution in [3.8, 4) is 16.8 Å². The van der Waals surface area contributed by atoms with E-state index in [0.29, 0.717) is 12.0 Å². The van der Waals surface area contributed by atoms with E-state index in [-0.39, 0.29) is 5.41 Å². The van der Waals surface area contributed by atoms with Crippen LogP contribution in [0.2, 0.25) is 0 Å². The first-order valence-corrected chi connectivity index (χ1v) is 17.0. The van der Waals surface area contributed by atoms with Gasteiger partial charge in [-0.25, -0.2) is 0 Å². The minimum atomic E-state index is 0.0717. The molecule has 3 fully saturated rings. The Kier molecular flexibility index (Phi) is 4.03. The average Bonchev–Trinajstić information content (AvgIpc) is 3.86. The Bertz CT molecular complexity index is 2390. The molecule has 3 saturated carbocycles. The quantitative estimate of drug-likeness (QED) is 0.187. The Balaban J connectivity index is 1.36. The molecule has 12 rings (SSSR count). The van der Waals surface area contributed by atoms with E-state index in [0.717, 1.165) is 17.8 Å². The zero-order valence-corrected chi connectivity index (χ0v) is 24.8. The lowest BCUT2D eigenvalue weighted by atomic mass is 9.47. The molecule has 6 unspecified atom stereocenters. The Labute approximate surface area is 256 Å². The van der Waals surface area contributed by atoms with Crippen LogP contribution in [0.15, 0.2) is 103 Å². The summed E-state index contributed by atoms with van der Waals surface area (Å²) >= 11 is 0. The Morgan fingerprint density at radius 2 is 1.36 bits per heavy atom. The Morgan fingerprint density at radius 3 is 2.25 bits per heavy atom. The van der Waals surface area contributed by atoms with Gasteiger partial charge in [-0.1, -0.05) is 91.7 Å². The monoisotopic (exact) mass is 566 g/mol. The largest absolute Gasteiger partial charge is 0.337 e. The summed E-state index contributed by atoms with van der Waals surface area (Å²) in [5.41, 5.74) is 13.4. The third-order valence-electron chi connectivity index (χ3n) is 13.3. The number of fused-ring (bicyclic) bond motifs is 10. The van der Waals surface area contributed by atoms with Crippen molar-refractivity contribution in [1.29, 1.82) is 0 Å². The van der Waals surface area contributed by atoms with Crippen molar-refractivity contribution in [2.75, 3.05) is 0 Å². The molecule has 44 heavy (non-hydrogen) atoms. The second kappa shape index (κ2) is 7.67. The third-order valence-corrected chi connectivity index (χ3v) is 13.3. The predicted molar refractivity (Wildman–Crippen MR) is 181 cm³/mol. The zero-order chi connectivity index (χ0) is 28.3. The summed E-state index contributed by atoms with van der Waals surface area (Å²) in [7, 11) is 0. The first-order chi connectivity index (χ1) is 21.8. The second-order valence-electron chi connectivity index (χ2n) is 14.7. The second-order valence-corrected chi connectivity index (χ2v) is 14.7. The van der Waals surface area contributed by atoms with Crippen LogP contribution in [0, 0.1) is 23.7 Å². The number of benzene rings is 5. The van der Waals surface area contributed by atoms with Gasteiger partial charge in [0.15, 0.2) is 0 Å². The van der Waals surface area contributed by atoms with E-state index in [1.165, 1.54) is 93.4 Å². The maximum Gasteiger partial charge on any atom is 0.0603 e. The van der Waals surface area contributed by atoms with E-state index in [1.807, 2.05) is 0 Å². The molecule has 5 aromatic carbocycles. The molecule has 212 valence electrons. The Morgan fingerprint density at radius 1 is 0.591 bits per heavy atom. The summed E-state index contributed by atoms with van der Waals surface area (Å²) in [5.74, 6) is 3.02. The summed E-state index contributed by atoms with van der Waals surface area (Å²) in [6, 6.07) is 40.5. The van der Waals surface area contributed by atoms with Gasteiger partial charge in [0.1, 0.15) is 0 Å². The minimum absolute atomic E-state index is 0.0717. The topological polar surface area (TPSA) is 9.86 Å². The molecule has 0 amide bonds. The standard InChI is InChI=1S/C42H34N2/c1-2-9-24(10-3-1)25-17-19-33-37(22-25)44-35-16-7-5-13-29(35)31-23-30-28-12-4-6-15-34(28)43-36-20-18-27-21-26-11-8-14-32(26)42(33,38(27)36)39(40(30)43)41(31)44/h1-7,9-10,12-13,15-17,19,22-23,26-27,32,36,38H,8,11,14,18,20-21H2. The van der Waals surface area contributed by atoms with Crippen LogP contribution < -0.4 is 0 Å². The highest BCUT2D eigenvalue weighted by atomic mass is 15.1. The van der Waals surface area contributed by atoms with Gasteiger partial charge in [0.2, 0.25) is 0 Å². The summed E-state index contributed by atoms with van der Waals surface area (Å²) in [5, 5.41) is 5.78. The molecule has 5 aliphatic rings. The van der Waals surface area contributed by atoms with Crippen LogP contribution in [0.3, 0.4) is 0 Å². The number of rotatable bonds is 1. The number of nitrogens with zero attached hydrogens (tertiary/aromatic N) is 2. The van der Waals surface area contributed by atoms with Crippen molar-refractivity contribution in [3.05, 3.63) is 114 Å². The van der Waals surface area contributed by atoms with E-state index in [4.69, 9.17) is 0 Å². The Hall–Kier alpha value is -4.30. The summed E-state index contributed by atoms with van der Waals surface area (Å²) in [6.45, 7) is 0. The SMILES string of the molecule is c1ccc(-c2ccc3c(c2)-n2c4ccccc4c4cc5c6ccccc6n6c5c(c42)C32C3CCCC3CC3CCC6C32)cc1.